The first kappa shape index (κ1) is 24.9. The van der Waals surface area contributed by atoms with E-state index in [1.807, 2.05) is 18.3 Å². The molecule has 0 unspecified atom stereocenters. The molecule has 0 atom stereocenters. The highest BCUT2D eigenvalue weighted by molar-refractivity contribution is 14.0. The van der Waals surface area contributed by atoms with Crippen LogP contribution in [0.15, 0.2) is 41.4 Å². The van der Waals surface area contributed by atoms with E-state index >= 15 is 0 Å². The van der Waals surface area contributed by atoms with Gasteiger partial charge in [-0.1, -0.05) is 24.3 Å². The fourth-order valence-electron chi connectivity index (χ4n) is 2.53. The molecule has 1 aromatic heterocycles. The van der Waals surface area contributed by atoms with Crippen molar-refractivity contribution < 1.29 is 9.47 Å². The van der Waals surface area contributed by atoms with Crippen molar-refractivity contribution in [3.05, 3.63) is 57.3 Å². The maximum absolute atomic E-state index is 5.65. The Bertz CT molecular complexity index is 706. The van der Waals surface area contributed by atoms with E-state index in [1.54, 1.807) is 0 Å². The molecule has 0 spiro atoms. The molecule has 28 heavy (non-hydrogen) atoms. The molecule has 7 heteroatoms. The van der Waals surface area contributed by atoms with Crippen LogP contribution in [-0.2, 0) is 29.2 Å². The van der Waals surface area contributed by atoms with E-state index in [2.05, 4.69) is 60.9 Å². The summed E-state index contributed by atoms with van der Waals surface area (Å²) in [6, 6.07) is 12.7. The summed E-state index contributed by atoms with van der Waals surface area (Å²) >= 11 is 1.81. The van der Waals surface area contributed by atoms with E-state index in [1.165, 1.54) is 15.3 Å². The number of hydrogen-bond acceptors (Lipinski definition) is 4. The quantitative estimate of drug-likeness (QED) is 0.200. The van der Waals surface area contributed by atoms with Gasteiger partial charge in [0.2, 0.25) is 0 Å². The van der Waals surface area contributed by atoms with Crippen molar-refractivity contribution in [1.29, 1.82) is 0 Å². The number of rotatable bonds is 11. The minimum atomic E-state index is 0. The lowest BCUT2D eigenvalue weighted by atomic mass is 10.1. The van der Waals surface area contributed by atoms with Crippen LogP contribution in [0.1, 0.15) is 34.7 Å². The highest BCUT2D eigenvalue weighted by Crippen LogP contribution is 2.14. The van der Waals surface area contributed by atoms with Crippen LogP contribution >= 0.6 is 35.3 Å². The number of hydrogen-bond donors (Lipinski definition) is 2. The Labute approximate surface area is 190 Å². The van der Waals surface area contributed by atoms with Gasteiger partial charge in [0.05, 0.1) is 32.9 Å². The maximum Gasteiger partial charge on any atom is 0.191 e. The van der Waals surface area contributed by atoms with Crippen LogP contribution in [0.25, 0.3) is 0 Å². The summed E-state index contributed by atoms with van der Waals surface area (Å²) in [6.07, 6.45) is 0. The number of guanidine groups is 1. The Hall–Kier alpha value is -1.16. The predicted octanol–water partition coefficient (Wildman–Crippen LogP) is 4.48. The number of aryl methyl sites for hydroxylation is 1. The minimum absolute atomic E-state index is 0. The molecule has 2 aromatic rings. The van der Waals surface area contributed by atoms with Gasteiger partial charge in [0.15, 0.2) is 5.96 Å². The fraction of sp³-hybridized carbons (Fsp3) is 0.476. The number of ether oxygens (including phenoxy) is 2. The summed E-state index contributed by atoms with van der Waals surface area (Å²) in [7, 11) is 0. The number of halogens is 1. The predicted molar refractivity (Wildman–Crippen MR) is 129 cm³/mol. The summed E-state index contributed by atoms with van der Waals surface area (Å²) in [6.45, 7) is 11.0. The molecule has 0 aliphatic heterocycles. The zero-order chi connectivity index (χ0) is 19.3. The molecule has 1 heterocycles. The van der Waals surface area contributed by atoms with Gasteiger partial charge >= 0.3 is 0 Å². The van der Waals surface area contributed by atoms with E-state index in [4.69, 9.17) is 14.5 Å². The van der Waals surface area contributed by atoms with E-state index in [0.29, 0.717) is 26.4 Å². The first-order chi connectivity index (χ1) is 13.2. The van der Waals surface area contributed by atoms with Crippen molar-refractivity contribution >= 4 is 41.3 Å². The Morgan fingerprint density at radius 1 is 1.04 bits per heavy atom. The van der Waals surface area contributed by atoms with Gasteiger partial charge in [0, 0.05) is 22.9 Å². The summed E-state index contributed by atoms with van der Waals surface area (Å²) in [5.41, 5.74) is 2.33. The normalized spacial score (nSPS) is 11.2. The first-order valence-electron chi connectivity index (χ1n) is 9.52. The highest BCUT2D eigenvalue weighted by Gasteiger charge is 2.01. The van der Waals surface area contributed by atoms with Crippen LogP contribution in [-0.4, -0.2) is 32.3 Å². The maximum atomic E-state index is 5.65. The average Bonchev–Trinajstić information content (AvgIpc) is 3.09. The monoisotopic (exact) mass is 517 g/mol. The summed E-state index contributed by atoms with van der Waals surface area (Å²) < 4.78 is 10.9. The van der Waals surface area contributed by atoms with Gasteiger partial charge in [0.25, 0.3) is 0 Å². The average molecular weight is 517 g/mol. The molecule has 1 aromatic carbocycles. The van der Waals surface area contributed by atoms with Gasteiger partial charge < -0.3 is 20.1 Å². The van der Waals surface area contributed by atoms with Gasteiger partial charge in [-0.25, -0.2) is 4.99 Å². The SMILES string of the molecule is CCNC(=NCc1cccc(COCCOCC)c1)NCc1ccc(C)s1.I. The zero-order valence-corrected chi connectivity index (χ0v) is 20.1. The van der Waals surface area contributed by atoms with E-state index in [0.717, 1.165) is 31.2 Å². The van der Waals surface area contributed by atoms with Crippen molar-refractivity contribution in [2.45, 2.75) is 40.5 Å². The number of nitrogens with one attached hydrogen (secondary N) is 2. The third kappa shape index (κ3) is 9.86. The van der Waals surface area contributed by atoms with Crippen LogP contribution in [0.2, 0.25) is 0 Å². The molecular weight excluding hydrogens is 485 g/mol. The van der Waals surface area contributed by atoms with Crippen molar-refractivity contribution in [3.63, 3.8) is 0 Å². The Morgan fingerprint density at radius 3 is 2.54 bits per heavy atom. The smallest absolute Gasteiger partial charge is 0.191 e. The third-order valence-corrected chi connectivity index (χ3v) is 4.83. The number of thiophene rings is 1. The van der Waals surface area contributed by atoms with Gasteiger partial charge in [-0.3, -0.25) is 0 Å². The second-order valence-electron chi connectivity index (χ2n) is 6.13. The molecule has 0 aliphatic carbocycles. The van der Waals surface area contributed by atoms with Crippen LogP contribution in [0.3, 0.4) is 0 Å². The molecule has 156 valence electrons. The second-order valence-corrected chi connectivity index (χ2v) is 7.50. The lowest BCUT2D eigenvalue weighted by Gasteiger charge is -2.11. The lowest BCUT2D eigenvalue weighted by molar-refractivity contribution is 0.0453. The van der Waals surface area contributed by atoms with E-state index < -0.39 is 0 Å². The topological polar surface area (TPSA) is 54.9 Å². The summed E-state index contributed by atoms with van der Waals surface area (Å²) in [5, 5.41) is 6.70. The van der Waals surface area contributed by atoms with Crippen LogP contribution in [0.5, 0.6) is 0 Å². The van der Waals surface area contributed by atoms with E-state index in [9.17, 15) is 0 Å². The molecule has 2 N–H and O–H groups in total. The lowest BCUT2D eigenvalue weighted by Crippen LogP contribution is -2.36. The fourth-order valence-corrected chi connectivity index (χ4v) is 3.36. The van der Waals surface area contributed by atoms with Crippen molar-refractivity contribution in [3.8, 4) is 0 Å². The van der Waals surface area contributed by atoms with Crippen molar-refractivity contribution in [2.24, 2.45) is 4.99 Å². The molecule has 0 radical (unpaired) electrons. The Morgan fingerprint density at radius 2 is 1.82 bits per heavy atom. The molecule has 2 rings (SSSR count). The van der Waals surface area contributed by atoms with Gasteiger partial charge in [0.1, 0.15) is 0 Å². The standard InChI is InChI=1S/C21H31N3O2S.HI/c1-4-22-21(24-15-20-10-9-17(3)27-20)23-14-18-7-6-8-19(13-18)16-26-12-11-25-5-2;/h6-10,13H,4-5,11-12,14-16H2,1-3H3,(H2,22,23,24);1H. The van der Waals surface area contributed by atoms with Crippen molar-refractivity contribution in [1.82, 2.24) is 10.6 Å². The molecular formula is C21H32IN3O2S. The summed E-state index contributed by atoms with van der Waals surface area (Å²) in [5.74, 6) is 0.835. The summed E-state index contributed by atoms with van der Waals surface area (Å²) in [4.78, 5) is 7.34. The largest absolute Gasteiger partial charge is 0.379 e. The van der Waals surface area contributed by atoms with Crippen molar-refractivity contribution in [2.75, 3.05) is 26.4 Å². The number of nitrogens with zero attached hydrogens (tertiary/aromatic N) is 1. The van der Waals surface area contributed by atoms with Crippen LogP contribution in [0.4, 0.5) is 0 Å². The molecule has 0 saturated carbocycles. The molecule has 0 aliphatic rings. The molecule has 0 amide bonds. The molecule has 0 fully saturated rings. The van der Waals surface area contributed by atoms with Gasteiger partial charge in [-0.2, -0.15) is 0 Å². The second kappa shape index (κ2) is 14.8. The van der Waals surface area contributed by atoms with Crippen LogP contribution in [0, 0.1) is 6.92 Å². The van der Waals surface area contributed by atoms with E-state index in [-0.39, 0.29) is 24.0 Å². The molecule has 0 bridgehead atoms. The van der Waals surface area contributed by atoms with Gasteiger partial charge in [-0.05, 0) is 44.0 Å². The first-order valence-corrected chi connectivity index (χ1v) is 10.3. The highest BCUT2D eigenvalue weighted by atomic mass is 127. The zero-order valence-electron chi connectivity index (χ0n) is 17.0. The molecule has 0 saturated heterocycles. The third-order valence-electron chi connectivity index (χ3n) is 3.83. The number of aliphatic imine (C=N–C) groups is 1. The van der Waals surface area contributed by atoms with Crippen LogP contribution < -0.4 is 10.6 Å². The Kier molecular flexibility index (Phi) is 13.1. The Balaban J connectivity index is 0.00000392. The number of benzene rings is 1. The minimum Gasteiger partial charge on any atom is -0.379 e. The molecule has 5 nitrogen and oxygen atoms in total. The van der Waals surface area contributed by atoms with Gasteiger partial charge in [-0.15, -0.1) is 35.3 Å².